The van der Waals surface area contributed by atoms with Crippen molar-refractivity contribution in [3.63, 3.8) is 0 Å². The van der Waals surface area contributed by atoms with Gasteiger partial charge in [-0.15, -0.1) is 0 Å². The first-order valence-electron chi connectivity index (χ1n) is 11.0. The number of carbonyl (C=O) groups excluding carboxylic acids is 2. The molecule has 0 N–H and O–H groups in total. The minimum Gasteiger partial charge on any atom is -0.386 e. The lowest BCUT2D eigenvalue weighted by molar-refractivity contribution is 0.0399. The third-order valence-corrected chi connectivity index (χ3v) is 6.22. The molecule has 3 nitrogen and oxygen atoms in total. The number of carbonyl (C=O) groups is 2. The summed E-state index contributed by atoms with van der Waals surface area (Å²) in [4.78, 5) is 26.5. The van der Waals surface area contributed by atoms with Crippen LogP contribution in [-0.4, -0.2) is 11.9 Å². The standard InChI is InChI=1S/C30H26O3/c1-19-15-17-25(27(21(19)3)23-11-7-5-8-12-23)29(31)33-30(32)26-18-16-20(2)22(4)28(26)24-13-9-6-10-14-24/h5-18H,1-4H3. The fourth-order valence-electron chi connectivity index (χ4n) is 4.12. The highest BCUT2D eigenvalue weighted by Gasteiger charge is 2.24. The SMILES string of the molecule is Cc1ccc(C(=O)OC(=O)c2ccc(C)c(C)c2-c2ccccc2)c(-c2ccccc2)c1C. The molecule has 0 spiro atoms. The minimum absolute atomic E-state index is 0.378. The van der Waals surface area contributed by atoms with Gasteiger partial charge < -0.3 is 4.74 Å². The quantitative estimate of drug-likeness (QED) is 0.251. The van der Waals surface area contributed by atoms with E-state index in [1.54, 1.807) is 12.1 Å². The Hall–Kier alpha value is -3.98. The topological polar surface area (TPSA) is 43.4 Å². The monoisotopic (exact) mass is 434 g/mol. The summed E-state index contributed by atoms with van der Waals surface area (Å²) in [5.74, 6) is -1.31. The van der Waals surface area contributed by atoms with Crippen LogP contribution >= 0.6 is 0 Å². The van der Waals surface area contributed by atoms with E-state index in [9.17, 15) is 9.59 Å². The van der Waals surface area contributed by atoms with Gasteiger partial charge in [-0.1, -0.05) is 72.8 Å². The van der Waals surface area contributed by atoms with Crippen LogP contribution in [0, 0.1) is 27.7 Å². The lowest BCUT2D eigenvalue weighted by atomic mass is 9.91. The summed E-state index contributed by atoms with van der Waals surface area (Å²) in [6, 6.07) is 26.6. The predicted octanol–water partition coefficient (Wildman–Crippen LogP) is 7.25. The largest absolute Gasteiger partial charge is 0.386 e. The highest BCUT2D eigenvalue weighted by molar-refractivity contribution is 6.08. The summed E-state index contributed by atoms with van der Waals surface area (Å²) in [7, 11) is 0. The Labute approximate surface area is 194 Å². The Morgan fingerprint density at radius 2 is 0.879 bits per heavy atom. The molecule has 0 saturated heterocycles. The van der Waals surface area contributed by atoms with Gasteiger partial charge in [-0.05, 0) is 84.3 Å². The van der Waals surface area contributed by atoms with Crippen molar-refractivity contribution in [3.8, 4) is 22.3 Å². The molecular weight excluding hydrogens is 408 g/mol. The molecule has 4 aromatic rings. The van der Waals surface area contributed by atoms with Gasteiger partial charge in [0.2, 0.25) is 0 Å². The molecule has 4 aromatic carbocycles. The molecule has 164 valence electrons. The van der Waals surface area contributed by atoms with E-state index < -0.39 is 11.9 Å². The zero-order valence-corrected chi connectivity index (χ0v) is 19.3. The molecule has 0 aliphatic rings. The third kappa shape index (κ3) is 4.35. The number of aryl methyl sites for hydroxylation is 2. The normalized spacial score (nSPS) is 10.7. The van der Waals surface area contributed by atoms with Crippen molar-refractivity contribution in [2.45, 2.75) is 27.7 Å². The second kappa shape index (κ2) is 9.25. The fourth-order valence-corrected chi connectivity index (χ4v) is 4.12. The summed E-state index contributed by atoms with van der Waals surface area (Å²) in [6.07, 6.45) is 0. The van der Waals surface area contributed by atoms with Gasteiger partial charge in [-0.2, -0.15) is 0 Å². The molecule has 4 rings (SSSR count). The van der Waals surface area contributed by atoms with Crippen LogP contribution in [0.3, 0.4) is 0 Å². The number of hydrogen-bond acceptors (Lipinski definition) is 3. The zero-order chi connectivity index (χ0) is 23.5. The molecule has 0 unspecified atom stereocenters. The second-order valence-corrected chi connectivity index (χ2v) is 8.27. The van der Waals surface area contributed by atoms with Crippen molar-refractivity contribution in [1.82, 2.24) is 0 Å². The van der Waals surface area contributed by atoms with E-state index in [1.165, 1.54) is 0 Å². The van der Waals surface area contributed by atoms with Gasteiger partial charge in [0.1, 0.15) is 0 Å². The summed E-state index contributed by atoms with van der Waals surface area (Å²) in [5, 5.41) is 0. The van der Waals surface area contributed by atoms with E-state index in [-0.39, 0.29) is 0 Å². The van der Waals surface area contributed by atoms with Crippen molar-refractivity contribution in [2.24, 2.45) is 0 Å². The first-order chi connectivity index (χ1) is 15.9. The van der Waals surface area contributed by atoms with Gasteiger partial charge in [0, 0.05) is 0 Å². The van der Waals surface area contributed by atoms with Gasteiger partial charge in [0.05, 0.1) is 11.1 Å². The highest BCUT2D eigenvalue weighted by Crippen LogP contribution is 2.32. The number of benzene rings is 4. The molecule has 3 heteroatoms. The fraction of sp³-hybridized carbons (Fsp3) is 0.133. The van der Waals surface area contributed by atoms with E-state index in [0.29, 0.717) is 11.1 Å². The molecule has 0 bridgehead atoms. The van der Waals surface area contributed by atoms with E-state index >= 15 is 0 Å². The van der Waals surface area contributed by atoms with Gasteiger partial charge in [-0.25, -0.2) is 9.59 Å². The zero-order valence-electron chi connectivity index (χ0n) is 19.3. The van der Waals surface area contributed by atoms with Gasteiger partial charge in [0.15, 0.2) is 0 Å². The maximum absolute atomic E-state index is 13.2. The Bertz CT molecular complexity index is 1230. The van der Waals surface area contributed by atoms with E-state index in [0.717, 1.165) is 44.5 Å². The summed E-state index contributed by atoms with van der Waals surface area (Å²) < 4.78 is 5.46. The minimum atomic E-state index is -0.654. The second-order valence-electron chi connectivity index (χ2n) is 8.27. The van der Waals surface area contributed by atoms with Crippen LogP contribution in [-0.2, 0) is 4.74 Å². The summed E-state index contributed by atoms with van der Waals surface area (Å²) in [6.45, 7) is 7.97. The van der Waals surface area contributed by atoms with Crippen LogP contribution in [0.15, 0.2) is 84.9 Å². The van der Waals surface area contributed by atoms with E-state index in [1.807, 2.05) is 100 Å². The molecular formula is C30H26O3. The highest BCUT2D eigenvalue weighted by atomic mass is 16.6. The lowest BCUT2D eigenvalue weighted by Gasteiger charge is -2.16. The molecule has 0 saturated carbocycles. The molecule has 0 aliphatic carbocycles. The maximum atomic E-state index is 13.2. The van der Waals surface area contributed by atoms with E-state index in [2.05, 4.69) is 0 Å². The van der Waals surface area contributed by atoms with Crippen LogP contribution in [0.4, 0.5) is 0 Å². The predicted molar refractivity (Wildman–Crippen MR) is 132 cm³/mol. The van der Waals surface area contributed by atoms with E-state index in [4.69, 9.17) is 4.74 Å². The first-order valence-corrected chi connectivity index (χ1v) is 11.0. The summed E-state index contributed by atoms with van der Waals surface area (Å²) in [5.41, 5.74) is 8.26. The van der Waals surface area contributed by atoms with Crippen LogP contribution in [0.5, 0.6) is 0 Å². The van der Waals surface area contributed by atoms with Gasteiger partial charge in [0.25, 0.3) is 0 Å². The van der Waals surface area contributed by atoms with Gasteiger partial charge >= 0.3 is 11.9 Å². The number of esters is 2. The number of rotatable bonds is 4. The van der Waals surface area contributed by atoms with Crippen molar-refractivity contribution < 1.29 is 14.3 Å². The Balaban J connectivity index is 1.75. The molecule has 0 atom stereocenters. The molecule has 0 amide bonds. The summed E-state index contributed by atoms with van der Waals surface area (Å²) >= 11 is 0. The Morgan fingerprint density at radius 3 is 1.24 bits per heavy atom. The maximum Gasteiger partial charge on any atom is 0.346 e. The smallest absolute Gasteiger partial charge is 0.346 e. The van der Waals surface area contributed by atoms with Crippen LogP contribution < -0.4 is 0 Å². The first kappa shape index (κ1) is 22.2. The van der Waals surface area contributed by atoms with Crippen LogP contribution in [0.25, 0.3) is 22.3 Å². The Morgan fingerprint density at radius 1 is 0.515 bits per heavy atom. The third-order valence-electron chi connectivity index (χ3n) is 6.22. The molecule has 33 heavy (non-hydrogen) atoms. The van der Waals surface area contributed by atoms with Crippen molar-refractivity contribution in [1.29, 1.82) is 0 Å². The van der Waals surface area contributed by atoms with Gasteiger partial charge in [-0.3, -0.25) is 0 Å². The Kier molecular flexibility index (Phi) is 6.23. The lowest BCUT2D eigenvalue weighted by Crippen LogP contribution is -2.16. The molecule has 0 aromatic heterocycles. The van der Waals surface area contributed by atoms with Crippen LogP contribution in [0.1, 0.15) is 43.0 Å². The number of hydrogen-bond donors (Lipinski definition) is 0. The van der Waals surface area contributed by atoms with Crippen molar-refractivity contribution in [3.05, 3.63) is 118 Å². The van der Waals surface area contributed by atoms with Crippen molar-refractivity contribution >= 4 is 11.9 Å². The molecule has 0 fully saturated rings. The molecule has 0 radical (unpaired) electrons. The van der Waals surface area contributed by atoms with Crippen LogP contribution in [0.2, 0.25) is 0 Å². The average Bonchev–Trinajstić information content (AvgIpc) is 2.83. The average molecular weight is 435 g/mol. The molecule has 0 aliphatic heterocycles. The number of ether oxygens (including phenoxy) is 1. The molecule has 0 heterocycles. The van der Waals surface area contributed by atoms with Crippen molar-refractivity contribution in [2.75, 3.05) is 0 Å².